The van der Waals surface area contributed by atoms with E-state index >= 15 is 0 Å². The molecule has 5 nitrogen and oxygen atoms in total. The van der Waals surface area contributed by atoms with Gasteiger partial charge in [-0.15, -0.1) is 0 Å². The minimum absolute atomic E-state index is 0.136. The van der Waals surface area contributed by atoms with Crippen LogP contribution >= 0.6 is 11.6 Å². The summed E-state index contributed by atoms with van der Waals surface area (Å²) in [6, 6.07) is 1.60. The Hall–Kier alpha value is -3.22. The number of hydrogen-bond acceptors (Lipinski definition) is 3. The van der Waals surface area contributed by atoms with Crippen molar-refractivity contribution in [3.63, 3.8) is 0 Å². The zero-order chi connectivity index (χ0) is 26.3. The maximum Gasteiger partial charge on any atom is 0.416 e. The van der Waals surface area contributed by atoms with Gasteiger partial charge in [0.2, 0.25) is 11.8 Å². The number of nitrogens with zero attached hydrogens (tertiary/aromatic N) is 2. The molecule has 1 heterocycles. The van der Waals surface area contributed by atoms with Crippen LogP contribution < -0.4 is 0 Å². The Bertz CT molecular complexity index is 1150. The number of amides is 4. The molecule has 14 heteroatoms. The van der Waals surface area contributed by atoms with Crippen molar-refractivity contribution in [2.24, 2.45) is 0 Å². The third-order valence-electron chi connectivity index (χ3n) is 5.00. The van der Waals surface area contributed by atoms with Crippen LogP contribution in [-0.4, -0.2) is 40.7 Å². The summed E-state index contributed by atoms with van der Waals surface area (Å²) in [6.45, 7) is -3.43. The van der Waals surface area contributed by atoms with Gasteiger partial charge in [-0.25, -0.2) is 9.18 Å². The van der Waals surface area contributed by atoms with Crippen LogP contribution in [0.15, 0.2) is 42.5 Å². The standard InChI is InChI=1S/C21H13ClF8N2O3/c22-14-5-13(6-15(23)7-14)20(26,27)10-32-17(34)8-16(33)31(18(32)35)9-19(24,25)11-1-3-12(4-2-11)21(28,29)30/h1-7H,8-10H2. The SMILES string of the molecule is O=C1CC(=O)N(CC(F)(F)c2cc(F)cc(Cl)c2)C(=O)N1CC(F)(F)c1ccc(C(F)(F)F)cc1. The van der Waals surface area contributed by atoms with E-state index in [0.29, 0.717) is 36.4 Å². The fourth-order valence-corrected chi connectivity index (χ4v) is 3.46. The van der Waals surface area contributed by atoms with E-state index in [1.54, 1.807) is 0 Å². The van der Waals surface area contributed by atoms with Crippen molar-refractivity contribution in [1.82, 2.24) is 9.80 Å². The van der Waals surface area contributed by atoms with Crippen LogP contribution in [-0.2, 0) is 27.6 Å². The van der Waals surface area contributed by atoms with Crippen molar-refractivity contribution in [3.05, 3.63) is 70.0 Å². The van der Waals surface area contributed by atoms with Crippen LogP contribution in [0.5, 0.6) is 0 Å². The highest BCUT2D eigenvalue weighted by molar-refractivity contribution is 6.30. The molecule has 0 radical (unpaired) electrons. The first-order valence-electron chi connectivity index (χ1n) is 9.56. The quantitative estimate of drug-likeness (QED) is 0.364. The fraction of sp³-hybridized carbons (Fsp3) is 0.286. The molecule has 0 aromatic heterocycles. The molecule has 2 aromatic carbocycles. The van der Waals surface area contributed by atoms with Crippen molar-refractivity contribution >= 4 is 29.4 Å². The number of benzene rings is 2. The molecule has 0 unspecified atom stereocenters. The molecular weight excluding hydrogens is 516 g/mol. The van der Waals surface area contributed by atoms with Gasteiger partial charge in [0, 0.05) is 16.1 Å². The van der Waals surface area contributed by atoms with Gasteiger partial charge in [0.15, 0.2) is 0 Å². The van der Waals surface area contributed by atoms with Gasteiger partial charge in [-0.2, -0.15) is 30.7 Å². The number of carbonyl (C=O) groups excluding carboxylic acids is 3. The average molecular weight is 529 g/mol. The molecule has 188 valence electrons. The largest absolute Gasteiger partial charge is 0.416 e. The summed E-state index contributed by atoms with van der Waals surface area (Å²) in [5.41, 5.74) is -3.23. The Morgan fingerprint density at radius 2 is 1.17 bits per heavy atom. The van der Waals surface area contributed by atoms with Gasteiger partial charge in [-0.05, 0) is 30.3 Å². The Morgan fingerprint density at radius 1 is 0.714 bits per heavy atom. The van der Waals surface area contributed by atoms with Crippen LogP contribution in [0.4, 0.5) is 39.9 Å². The molecule has 0 spiro atoms. The Balaban J connectivity index is 1.84. The summed E-state index contributed by atoms with van der Waals surface area (Å²) in [7, 11) is 0. The minimum atomic E-state index is -4.80. The minimum Gasteiger partial charge on any atom is -0.274 e. The highest BCUT2D eigenvalue weighted by atomic mass is 35.5. The highest BCUT2D eigenvalue weighted by Crippen LogP contribution is 2.36. The van der Waals surface area contributed by atoms with Gasteiger partial charge in [0.25, 0.3) is 11.8 Å². The van der Waals surface area contributed by atoms with Gasteiger partial charge in [0.1, 0.15) is 12.2 Å². The van der Waals surface area contributed by atoms with Gasteiger partial charge in [0.05, 0.1) is 18.7 Å². The van der Waals surface area contributed by atoms with Gasteiger partial charge >= 0.3 is 12.2 Å². The zero-order valence-corrected chi connectivity index (χ0v) is 17.9. The summed E-state index contributed by atoms with van der Waals surface area (Å²) >= 11 is 5.54. The molecule has 1 aliphatic heterocycles. The molecule has 1 fully saturated rings. The first-order valence-corrected chi connectivity index (χ1v) is 9.94. The second-order valence-corrected chi connectivity index (χ2v) is 8.00. The maximum atomic E-state index is 14.7. The number of carbonyl (C=O) groups is 3. The van der Waals surface area contributed by atoms with Crippen molar-refractivity contribution in [2.75, 3.05) is 13.1 Å². The molecule has 1 aliphatic rings. The van der Waals surface area contributed by atoms with E-state index in [2.05, 4.69) is 0 Å². The van der Waals surface area contributed by atoms with Crippen LogP contribution in [0.3, 0.4) is 0 Å². The molecule has 3 rings (SSSR count). The lowest BCUT2D eigenvalue weighted by Gasteiger charge is -2.36. The van der Waals surface area contributed by atoms with Crippen LogP contribution in [0.1, 0.15) is 23.1 Å². The van der Waals surface area contributed by atoms with E-state index in [1.165, 1.54) is 0 Å². The van der Waals surface area contributed by atoms with Gasteiger partial charge < -0.3 is 0 Å². The van der Waals surface area contributed by atoms with Crippen LogP contribution in [0, 0.1) is 5.82 Å². The zero-order valence-electron chi connectivity index (χ0n) is 17.2. The lowest BCUT2D eigenvalue weighted by molar-refractivity contribution is -0.149. The normalized spacial score (nSPS) is 15.7. The number of urea groups is 1. The summed E-state index contributed by atoms with van der Waals surface area (Å²) in [5, 5.41) is -0.413. The van der Waals surface area contributed by atoms with Crippen molar-refractivity contribution in [3.8, 4) is 0 Å². The predicted octanol–water partition coefficient (Wildman–Crippen LogP) is 5.56. The number of halogens is 9. The molecule has 1 saturated heterocycles. The molecular formula is C21H13ClF8N2O3. The number of rotatable bonds is 6. The van der Waals surface area contributed by atoms with Crippen molar-refractivity contribution in [2.45, 2.75) is 24.4 Å². The monoisotopic (exact) mass is 528 g/mol. The fourth-order valence-electron chi connectivity index (χ4n) is 3.24. The number of hydrogen-bond donors (Lipinski definition) is 0. The Morgan fingerprint density at radius 3 is 1.63 bits per heavy atom. The second-order valence-electron chi connectivity index (χ2n) is 7.56. The van der Waals surface area contributed by atoms with Gasteiger partial charge in [-0.3, -0.25) is 19.4 Å². The molecule has 0 bridgehead atoms. The predicted molar refractivity (Wildman–Crippen MR) is 104 cm³/mol. The third-order valence-corrected chi connectivity index (χ3v) is 5.22. The summed E-state index contributed by atoms with van der Waals surface area (Å²) in [5.74, 6) is -12.1. The van der Waals surface area contributed by atoms with Crippen molar-refractivity contribution in [1.29, 1.82) is 0 Å². The number of imide groups is 2. The molecule has 2 aromatic rings. The van der Waals surface area contributed by atoms with E-state index in [1.807, 2.05) is 0 Å². The van der Waals surface area contributed by atoms with E-state index in [0.717, 1.165) is 6.07 Å². The summed E-state index contributed by atoms with van der Waals surface area (Å²) in [4.78, 5) is 36.5. The van der Waals surface area contributed by atoms with E-state index in [4.69, 9.17) is 11.6 Å². The van der Waals surface area contributed by atoms with Crippen LogP contribution in [0.2, 0.25) is 5.02 Å². The second kappa shape index (κ2) is 9.10. The Kier molecular flexibility index (Phi) is 6.86. The summed E-state index contributed by atoms with van der Waals surface area (Å²) < 4.78 is 110. The van der Waals surface area contributed by atoms with E-state index in [-0.39, 0.29) is 9.80 Å². The van der Waals surface area contributed by atoms with Crippen molar-refractivity contribution < 1.29 is 49.5 Å². The van der Waals surface area contributed by atoms with E-state index in [9.17, 15) is 49.5 Å². The van der Waals surface area contributed by atoms with E-state index < -0.39 is 82.9 Å². The highest BCUT2D eigenvalue weighted by Gasteiger charge is 2.48. The lowest BCUT2D eigenvalue weighted by atomic mass is 10.0. The number of barbiturate groups is 1. The molecule has 35 heavy (non-hydrogen) atoms. The smallest absolute Gasteiger partial charge is 0.274 e. The topological polar surface area (TPSA) is 57.7 Å². The molecule has 0 N–H and O–H groups in total. The molecule has 0 saturated carbocycles. The summed E-state index contributed by atoms with van der Waals surface area (Å²) in [6.07, 6.45) is -6.00. The lowest BCUT2D eigenvalue weighted by Crippen LogP contribution is -2.59. The third kappa shape index (κ3) is 5.72. The Labute approximate surface area is 196 Å². The average Bonchev–Trinajstić information content (AvgIpc) is 2.73. The molecule has 4 amide bonds. The first-order chi connectivity index (χ1) is 16.0. The first kappa shape index (κ1) is 26.4. The molecule has 0 atom stereocenters. The molecule has 0 aliphatic carbocycles. The maximum absolute atomic E-state index is 14.7. The van der Waals surface area contributed by atoms with Gasteiger partial charge in [-0.1, -0.05) is 23.7 Å². The number of alkyl halides is 7. The van der Waals surface area contributed by atoms with Crippen LogP contribution in [0.25, 0.3) is 0 Å².